The monoisotopic (exact) mass is 285 g/mol. The average Bonchev–Trinajstić information content (AvgIpc) is 2.78. The van der Waals surface area contributed by atoms with Crippen LogP contribution in [0.2, 0.25) is 0 Å². The molecule has 100 valence electrons. The number of benzene rings is 1. The summed E-state index contributed by atoms with van der Waals surface area (Å²) in [5.74, 6) is 0. The first-order valence-corrected chi connectivity index (χ1v) is 9.28. The van der Waals surface area contributed by atoms with Gasteiger partial charge in [0.05, 0.1) is 5.25 Å². The van der Waals surface area contributed by atoms with Crippen molar-refractivity contribution in [2.45, 2.75) is 35.4 Å². The van der Waals surface area contributed by atoms with Crippen molar-refractivity contribution in [3.8, 4) is 0 Å². The van der Waals surface area contributed by atoms with E-state index in [1.165, 1.54) is 6.26 Å². The zero-order valence-electron chi connectivity index (χ0n) is 10.7. The van der Waals surface area contributed by atoms with Gasteiger partial charge in [0.15, 0.2) is 9.84 Å². The van der Waals surface area contributed by atoms with Crippen molar-refractivity contribution >= 4 is 27.3 Å². The van der Waals surface area contributed by atoms with Crippen LogP contribution in [0.1, 0.15) is 19.3 Å². The lowest BCUT2D eigenvalue weighted by Crippen LogP contribution is -2.34. The number of thioether (sulfide) groups is 1. The quantitative estimate of drug-likeness (QED) is 0.864. The molecule has 1 fully saturated rings. The first-order valence-electron chi connectivity index (χ1n) is 6.11. The number of anilines is 1. The van der Waals surface area contributed by atoms with Gasteiger partial charge in [0.1, 0.15) is 0 Å². The van der Waals surface area contributed by atoms with Crippen molar-refractivity contribution in [1.29, 1.82) is 0 Å². The summed E-state index contributed by atoms with van der Waals surface area (Å²) < 4.78 is 23.5. The second-order valence-electron chi connectivity index (χ2n) is 4.75. The van der Waals surface area contributed by atoms with Crippen LogP contribution in [0.4, 0.5) is 5.69 Å². The van der Waals surface area contributed by atoms with Crippen LogP contribution in [-0.4, -0.2) is 32.2 Å². The molecule has 2 atom stereocenters. The Balaban J connectivity index is 2.18. The summed E-state index contributed by atoms with van der Waals surface area (Å²) in [6.45, 7) is 0. The van der Waals surface area contributed by atoms with Crippen LogP contribution in [0, 0.1) is 0 Å². The number of hydrogen-bond acceptors (Lipinski definition) is 4. The summed E-state index contributed by atoms with van der Waals surface area (Å²) in [4.78, 5) is 1.16. The van der Waals surface area contributed by atoms with Crippen LogP contribution in [0.15, 0.2) is 29.2 Å². The van der Waals surface area contributed by atoms with Crippen molar-refractivity contribution in [1.82, 2.24) is 0 Å². The van der Waals surface area contributed by atoms with Gasteiger partial charge in [-0.05, 0) is 37.7 Å². The predicted octanol–water partition coefficient (Wildman–Crippen LogP) is 2.79. The molecule has 3 nitrogen and oxygen atoms in total. The molecule has 0 radical (unpaired) electrons. The van der Waals surface area contributed by atoms with E-state index in [1.807, 2.05) is 24.5 Å². The lowest BCUT2D eigenvalue weighted by atomic mass is 10.2. The van der Waals surface area contributed by atoms with E-state index in [2.05, 4.69) is 11.4 Å². The molecule has 0 saturated heterocycles. The molecule has 2 rings (SSSR count). The Hall–Kier alpha value is -0.680. The summed E-state index contributed by atoms with van der Waals surface area (Å²) in [7, 11) is -2.96. The van der Waals surface area contributed by atoms with Crippen molar-refractivity contribution in [2.24, 2.45) is 0 Å². The fraction of sp³-hybridized carbons (Fsp3) is 0.538. The summed E-state index contributed by atoms with van der Waals surface area (Å²) in [6.07, 6.45) is 6.07. The number of sulfone groups is 1. The van der Waals surface area contributed by atoms with Gasteiger partial charge in [0.25, 0.3) is 0 Å². The molecular weight excluding hydrogens is 266 g/mol. The van der Waals surface area contributed by atoms with Crippen LogP contribution in [0.5, 0.6) is 0 Å². The van der Waals surface area contributed by atoms with Gasteiger partial charge in [-0.15, -0.1) is 11.8 Å². The Labute approximate surface area is 113 Å². The Bertz CT molecular complexity index is 513. The van der Waals surface area contributed by atoms with Gasteiger partial charge in [0.2, 0.25) is 0 Å². The van der Waals surface area contributed by atoms with Crippen molar-refractivity contribution in [3.63, 3.8) is 0 Å². The molecule has 0 bridgehead atoms. The van der Waals surface area contributed by atoms with E-state index in [4.69, 9.17) is 0 Å². The molecular formula is C13H19NO2S2. The molecule has 1 aliphatic rings. The minimum atomic E-state index is -2.96. The number of nitrogens with one attached hydrogen (secondary N) is 1. The van der Waals surface area contributed by atoms with Gasteiger partial charge in [-0.3, -0.25) is 0 Å². The number of rotatable bonds is 4. The average molecular weight is 285 g/mol. The van der Waals surface area contributed by atoms with Crippen LogP contribution in [0.25, 0.3) is 0 Å². The third-order valence-corrected chi connectivity index (χ3v) is 5.91. The molecule has 1 saturated carbocycles. The minimum Gasteiger partial charge on any atom is -0.380 e. The maximum absolute atomic E-state index is 11.7. The fourth-order valence-corrected chi connectivity index (χ4v) is 4.52. The van der Waals surface area contributed by atoms with E-state index in [0.717, 1.165) is 29.8 Å². The highest BCUT2D eigenvalue weighted by Crippen LogP contribution is 2.31. The van der Waals surface area contributed by atoms with Gasteiger partial charge in [-0.1, -0.05) is 12.1 Å². The highest BCUT2D eigenvalue weighted by molar-refractivity contribution is 7.98. The van der Waals surface area contributed by atoms with Gasteiger partial charge in [-0.25, -0.2) is 8.42 Å². The minimum absolute atomic E-state index is 0.0494. The van der Waals surface area contributed by atoms with Crippen molar-refractivity contribution in [3.05, 3.63) is 24.3 Å². The standard InChI is InChI=1S/C13H19NO2S2/c1-17-12-8-4-3-6-10(12)14-11-7-5-9-13(11)18(2,15)16/h3-4,6,8,11,13-14H,5,7,9H2,1-2H3. The maximum atomic E-state index is 11.7. The first-order chi connectivity index (χ1) is 8.52. The smallest absolute Gasteiger partial charge is 0.152 e. The Morgan fingerprint density at radius 1 is 1.28 bits per heavy atom. The topological polar surface area (TPSA) is 46.2 Å². The summed E-state index contributed by atoms with van der Waals surface area (Å²) in [5, 5.41) is 3.17. The lowest BCUT2D eigenvalue weighted by molar-refractivity contribution is 0.579. The van der Waals surface area contributed by atoms with E-state index in [9.17, 15) is 8.42 Å². The summed E-state index contributed by atoms with van der Waals surface area (Å²) >= 11 is 1.68. The molecule has 2 unspecified atom stereocenters. The van der Waals surface area contributed by atoms with Crippen LogP contribution in [0.3, 0.4) is 0 Å². The summed E-state index contributed by atoms with van der Waals surface area (Å²) in [5.41, 5.74) is 1.05. The van der Waals surface area contributed by atoms with Crippen LogP contribution >= 0.6 is 11.8 Å². The Kier molecular flexibility index (Phi) is 4.22. The van der Waals surface area contributed by atoms with Crippen molar-refractivity contribution < 1.29 is 8.42 Å². The molecule has 1 aromatic carbocycles. The SMILES string of the molecule is CSc1ccccc1NC1CCCC1S(C)(=O)=O. The lowest BCUT2D eigenvalue weighted by Gasteiger charge is -2.22. The highest BCUT2D eigenvalue weighted by atomic mass is 32.2. The van der Waals surface area contributed by atoms with Gasteiger partial charge in [0, 0.05) is 22.9 Å². The fourth-order valence-electron chi connectivity index (χ4n) is 2.57. The predicted molar refractivity (Wildman–Crippen MR) is 78.1 cm³/mol. The molecule has 0 aromatic heterocycles. The van der Waals surface area contributed by atoms with Gasteiger partial charge < -0.3 is 5.32 Å². The zero-order valence-corrected chi connectivity index (χ0v) is 12.4. The highest BCUT2D eigenvalue weighted by Gasteiger charge is 2.34. The molecule has 1 aromatic rings. The maximum Gasteiger partial charge on any atom is 0.152 e. The molecule has 0 amide bonds. The molecule has 1 N–H and O–H groups in total. The Morgan fingerprint density at radius 2 is 2.00 bits per heavy atom. The van der Waals surface area contributed by atoms with E-state index < -0.39 is 9.84 Å². The van der Waals surface area contributed by atoms with Crippen LogP contribution in [-0.2, 0) is 9.84 Å². The number of para-hydroxylation sites is 1. The molecule has 0 aliphatic heterocycles. The largest absolute Gasteiger partial charge is 0.380 e. The zero-order chi connectivity index (χ0) is 13.2. The molecule has 0 spiro atoms. The second kappa shape index (κ2) is 5.53. The van der Waals surface area contributed by atoms with E-state index in [-0.39, 0.29) is 11.3 Å². The molecule has 5 heteroatoms. The third kappa shape index (κ3) is 3.01. The number of hydrogen-bond donors (Lipinski definition) is 1. The van der Waals surface area contributed by atoms with E-state index >= 15 is 0 Å². The van der Waals surface area contributed by atoms with E-state index in [0.29, 0.717) is 0 Å². The first kappa shape index (κ1) is 13.7. The molecule has 1 aliphatic carbocycles. The van der Waals surface area contributed by atoms with Gasteiger partial charge in [-0.2, -0.15) is 0 Å². The molecule has 18 heavy (non-hydrogen) atoms. The van der Waals surface area contributed by atoms with Crippen molar-refractivity contribution in [2.75, 3.05) is 17.8 Å². The Morgan fingerprint density at radius 3 is 2.67 bits per heavy atom. The third-order valence-electron chi connectivity index (χ3n) is 3.45. The van der Waals surface area contributed by atoms with Gasteiger partial charge >= 0.3 is 0 Å². The normalized spacial score (nSPS) is 24.1. The van der Waals surface area contributed by atoms with E-state index in [1.54, 1.807) is 11.8 Å². The van der Waals surface area contributed by atoms with Crippen LogP contribution < -0.4 is 5.32 Å². The second-order valence-corrected chi connectivity index (χ2v) is 7.86. The molecule has 0 heterocycles. The summed E-state index contributed by atoms with van der Waals surface area (Å²) in [6, 6.07) is 8.10.